The fourth-order valence-corrected chi connectivity index (χ4v) is 3.03. The van der Waals surface area contributed by atoms with Crippen LogP contribution in [0.5, 0.6) is 0 Å². The van der Waals surface area contributed by atoms with E-state index in [0.29, 0.717) is 0 Å². The second kappa shape index (κ2) is 6.87. The molecule has 1 amide bonds. The van der Waals surface area contributed by atoms with Crippen LogP contribution in [0.15, 0.2) is 48.5 Å². The van der Waals surface area contributed by atoms with Crippen molar-refractivity contribution in [3.63, 3.8) is 0 Å². The molecule has 0 aliphatic carbocycles. The largest absolute Gasteiger partial charge is 0.322 e. The van der Waals surface area contributed by atoms with Gasteiger partial charge < -0.3 is 5.32 Å². The van der Waals surface area contributed by atoms with Gasteiger partial charge in [-0.1, -0.05) is 30.3 Å². The SMILES string of the molecule is O=C(CN1CCCC1c1ccccc1)Nc1ccc(F)cc1F. The first-order valence-corrected chi connectivity index (χ1v) is 7.67. The van der Waals surface area contributed by atoms with Crippen LogP contribution in [-0.4, -0.2) is 23.9 Å². The minimum atomic E-state index is -0.764. The standard InChI is InChI=1S/C18H18F2N2O/c19-14-8-9-16(15(20)11-14)21-18(23)12-22-10-4-7-17(22)13-5-2-1-3-6-13/h1-3,5-6,8-9,11,17H,4,7,10,12H2,(H,21,23). The lowest BCUT2D eigenvalue weighted by molar-refractivity contribution is -0.117. The lowest BCUT2D eigenvalue weighted by Gasteiger charge is -2.24. The molecule has 3 nitrogen and oxygen atoms in total. The Morgan fingerprint density at radius 1 is 1.17 bits per heavy atom. The lowest BCUT2D eigenvalue weighted by Crippen LogP contribution is -2.33. The Morgan fingerprint density at radius 3 is 2.70 bits per heavy atom. The Bertz CT molecular complexity index is 691. The molecule has 0 bridgehead atoms. The van der Waals surface area contributed by atoms with Gasteiger partial charge >= 0.3 is 0 Å². The van der Waals surface area contributed by atoms with E-state index in [1.165, 1.54) is 11.6 Å². The molecule has 1 saturated heterocycles. The number of halogens is 2. The van der Waals surface area contributed by atoms with Gasteiger partial charge in [-0.2, -0.15) is 0 Å². The molecule has 3 rings (SSSR count). The highest BCUT2D eigenvalue weighted by molar-refractivity contribution is 5.92. The van der Waals surface area contributed by atoms with Crippen molar-refractivity contribution in [1.82, 2.24) is 4.90 Å². The maximum atomic E-state index is 13.6. The maximum Gasteiger partial charge on any atom is 0.238 e. The van der Waals surface area contributed by atoms with Gasteiger partial charge in [0.15, 0.2) is 0 Å². The molecule has 23 heavy (non-hydrogen) atoms. The molecule has 1 unspecified atom stereocenters. The zero-order chi connectivity index (χ0) is 16.2. The summed E-state index contributed by atoms with van der Waals surface area (Å²) in [5.74, 6) is -1.72. The van der Waals surface area contributed by atoms with E-state index in [2.05, 4.69) is 22.3 Å². The van der Waals surface area contributed by atoms with E-state index in [1.807, 2.05) is 18.2 Å². The van der Waals surface area contributed by atoms with E-state index in [0.717, 1.165) is 31.5 Å². The summed E-state index contributed by atoms with van der Waals surface area (Å²) in [5.41, 5.74) is 1.19. The zero-order valence-electron chi connectivity index (χ0n) is 12.6. The van der Waals surface area contributed by atoms with Crippen LogP contribution in [0.2, 0.25) is 0 Å². The molecule has 2 aromatic carbocycles. The number of carbonyl (C=O) groups is 1. The molecule has 1 heterocycles. The average molecular weight is 316 g/mol. The number of nitrogens with zero attached hydrogens (tertiary/aromatic N) is 1. The molecule has 0 radical (unpaired) electrons. The molecule has 1 aliphatic rings. The number of rotatable bonds is 4. The normalized spacial score (nSPS) is 18.1. The summed E-state index contributed by atoms with van der Waals surface area (Å²) in [4.78, 5) is 14.3. The first-order valence-electron chi connectivity index (χ1n) is 7.67. The van der Waals surface area contributed by atoms with Crippen LogP contribution in [0.1, 0.15) is 24.4 Å². The molecule has 120 valence electrons. The van der Waals surface area contributed by atoms with E-state index in [4.69, 9.17) is 0 Å². The van der Waals surface area contributed by atoms with Crippen molar-refractivity contribution in [2.75, 3.05) is 18.4 Å². The first kappa shape index (κ1) is 15.6. The molecule has 1 atom stereocenters. The van der Waals surface area contributed by atoms with Crippen LogP contribution in [0.3, 0.4) is 0 Å². The van der Waals surface area contributed by atoms with Gasteiger partial charge in [0.05, 0.1) is 12.2 Å². The Balaban J connectivity index is 1.65. The highest BCUT2D eigenvalue weighted by Crippen LogP contribution is 2.31. The monoisotopic (exact) mass is 316 g/mol. The summed E-state index contributed by atoms with van der Waals surface area (Å²) in [5, 5.41) is 2.51. The Morgan fingerprint density at radius 2 is 1.96 bits per heavy atom. The molecule has 1 fully saturated rings. The van der Waals surface area contributed by atoms with Gasteiger partial charge in [-0.3, -0.25) is 9.69 Å². The smallest absolute Gasteiger partial charge is 0.238 e. The van der Waals surface area contributed by atoms with Gasteiger partial charge in [0.25, 0.3) is 0 Å². The van der Waals surface area contributed by atoms with Gasteiger partial charge in [-0.05, 0) is 37.1 Å². The quantitative estimate of drug-likeness (QED) is 0.932. The third-order valence-corrected chi connectivity index (χ3v) is 4.10. The van der Waals surface area contributed by atoms with Gasteiger partial charge in [0, 0.05) is 12.1 Å². The first-order chi connectivity index (χ1) is 11.1. The fraction of sp³-hybridized carbons (Fsp3) is 0.278. The van der Waals surface area contributed by atoms with Crippen LogP contribution in [0.25, 0.3) is 0 Å². The van der Waals surface area contributed by atoms with Crippen molar-refractivity contribution in [2.24, 2.45) is 0 Å². The van der Waals surface area contributed by atoms with Crippen LogP contribution in [0, 0.1) is 11.6 Å². The molecule has 0 saturated carbocycles. The summed E-state index contributed by atoms with van der Waals surface area (Å²) in [7, 11) is 0. The summed E-state index contributed by atoms with van der Waals surface area (Å²) in [6.45, 7) is 1.02. The highest BCUT2D eigenvalue weighted by Gasteiger charge is 2.27. The molecule has 5 heteroatoms. The number of benzene rings is 2. The average Bonchev–Trinajstić information content (AvgIpc) is 2.99. The molecule has 0 aromatic heterocycles. The summed E-state index contributed by atoms with van der Waals surface area (Å²) >= 11 is 0. The van der Waals surface area contributed by atoms with Crippen LogP contribution in [-0.2, 0) is 4.79 Å². The number of anilines is 1. The van der Waals surface area contributed by atoms with Gasteiger partial charge in [0.2, 0.25) is 5.91 Å². The van der Waals surface area contributed by atoms with Crippen LogP contribution < -0.4 is 5.32 Å². The molecular formula is C18H18F2N2O. The van der Waals surface area contributed by atoms with Crippen LogP contribution in [0.4, 0.5) is 14.5 Å². The van der Waals surface area contributed by atoms with E-state index in [9.17, 15) is 13.6 Å². The lowest BCUT2D eigenvalue weighted by atomic mass is 10.0. The van der Waals surface area contributed by atoms with Crippen molar-refractivity contribution in [1.29, 1.82) is 0 Å². The summed E-state index contributed by atoms with van der Waals surface area (Å²) < 4.78 is 26.5. The Hall–Kier alpha value is -2.27. The highest BCUT2D eigenvalue weighted by atomic mass is 19.1. The minimum absolute atomic E-state index is 0.00635. The van der Waals surface area contributed by atoms with E-state index >= 15 is 0 Å². The van der Waals surface area contributed by atoms with Gasteiger partial charge in [-0.15, -0.1) is 0 Å². The number of amides is 1. The van der Waals surface area contributed by atoms with Gasteiger partial charge in [-0.25, -0.2) is 8.78 Å². The van der Waals surface area contributed by atoms with E-state index < -0.39 is 11.6 Å². The Kier molecular flexibility index (Phi) is 4.67. The number of likely N-dealkylation sites (tertiary alicyclic amines) is 1. The summed E-state index contributed by atoms with van der Waals surface area (Å²) in [6.07, 6.45) is 2.03. The van der Waals surface area contributed by atoms with Crippen molar-refractivity contribution >= 4 is 11.6 Å². The number of hydrogen-bond donors (Lipinski definition) is 1. The van der Waals surface area contributed by atoms with Crippen molar-refractivity contribution in [3.8, 4) is 0 Å². The number of hydrogen-bond acceptors (Lipinski definition) is 2. The maximum absolute atomic E-state index is 13.6. The third-order valence-electron chi connectivity index (χ3n) is 4.10. The second-order valence-electron chi connectivity index (χ2n) is 5.71. The van der Waals surface area contributed by atoms with Crippen molar-refractivity contribution < 1.29 is 13.6 Å². The minimum Gasteiger partial charge on any atom is -0.322 e. The number of carbonyl (C=O) groups excluding carboxylic acids is 1. The third kappa shape index (κ3) is 3.74. The molecule has 0 spiro atoms. The second-order valence-corrected chi connectivity index (χ2v) is 5.71. The zero-order valence-corrected chi connectivity index (χ0v) is 12.6. The van der Waals surface area contributed by atoms with E-state index in [-0.39, 0.29) is 24.2 Å². The van der Waals surface area contributed by atoms with E-state index in [1.54, 1.807) is 0 Å². The van der Waals surface area contributed by atoms with Crippen LogP contribution >= 0.6 is 0 Å². The fourth-order valence-electron chi connectivity index (χ4n) is 3.03. The van der Waals surface area contributed by atoms with Crippen molar-refractivity contribution in [2.45, 2.75) is 18.9 Å². The van der Waals surface area contributed by atoms with Gasteiger partial charge in [0.1, 0.15) is 11.6 Å². The molecule has 1 aliphatic heterocycles. The Labute approximate surface area is 133 Å². The predicted octanol–water partition coefficient (Wildman–Crippen LogP) is 3.74. The molecular weight excluding hydrogens is 298 g/mol. The predicted molar refractivity (Wildman–Crippen MR) is 85.0 cm³/mol. The van der Waals surface area contributed by atoms with Crippen molar-refractivity contribution in [3.05, 3.63) is 65.7 Å². The molecule has 2 aromatic rings. The summed E-state index contributed by atoms with van der Waals surface area (Å²) in [6, 6.07) is 13.4. The topological polar surface area (TPSA) is 32.3 Å². The molecule has 1 N–H and O–H groups in total. The number of nitrogens with one attached hydrogen (secondary N) is 1.